The predicted octanol–water partition coefficient (Wildman–Crippen LogP) is 4.18. The van der Waals surface area contributed by atoms with Gasteiger partial charge in [0.25, 0.3) is 0 Å². The van der Waals surface area contributed by atoms with Gasteiger partial charge in [-0.15, -0.1) is 23.1 Å². The number of hydrogen-bond acceptors (Lipinski definition) is 6. The molecule has 0 atom stereocenters. The van der Waals surface area contributed by atoms with Gasteiger partial charge in [0.1, 0.15) is 0 Å². The van der Waals surface area contributed by atoms with Gasteiger partial charge in [-0.2, -0.15) is 0 Å². The van der Waals surface area contributed by atoms with E-state index < -0.39 is 6.09 Å². The van der Waals surface area contributed by atoms with E-state index in [1.54, 1.807) is 11.3 Å². The average molecular weight is 406 g/mol. The first kappa shape index (κ1) is 18.6. The van der Waals surface area contributed by atoms with Crippen LogP contribution in [-0.2, 0) is 4.74 Å². The average Bonchev–Trinajstić information content (AvgIpc) is 3.08. The fourth-order valence-electron chi connectivity index (χ4n) is 3.56. The predicted molar refractivity (Wildman–Crippen MR) is 109 cm³/mol. The molecule has 4 N–H and O–H groups in total. The van der Waals surface area contributed by atoms with Gasteiger partial charge in [-0.05, 0) is 37.8 Å². The molecular formula is C19H23N3O3S2. The number of nitrogens with two attached hydrogens (primary N) is 1. The second-order valence-electron chi connectivity index (χ2n) is 7.09. The number of benzene rings is 1. The maximum Gasteiger partial charge on any atom is 0.404 e. The van der Waals surface area contributed by atoms with Gasteiger partial charge in [0.05, 0.1) is 28.3 Å². The summed E-state index contributed by atoms with van der Waals surface area (Å²) in [6, 6.07) is 6.14. The van der Waals surface area contributed by atoms with Gasteiger partial charge >= 0.3 is 6.09 Å². The first-order chi connectivity index (χ1) is 13.1. The lowest BCUT2D eigenvalue weighted by Crippen LogP contribution is -2.36. The van der Waals surface area contributed by atoms with Crippen LogP contribution in [0, 0.1) is 0 Å². The molecule has 1 aliphatic heterocycles. The number of aromatic nitrogens is 1. The number of nitrogens with one attached hydrogen (secondary N) is 1. The first-order valence-corrected chi connectivity index (χ1v) is 10.9. The van der Waals surface area contributed by atoms with Crippen molar-refractivity contribution in [3.8, 4) is 10.4 Å². The summed E-state index contributed by atoms with van der Waals surface area (Å²) in [5.41, 5.74) is 7.97. The maximum absolute atomic E-state index is 10.8. The molecule has 2 aliphatic rings. The van der Waals surface area contributed by atoms with Crippen molar-refractivity contribution in [1.29, 1.82) is 0 Å². The Morgan fingerprint density at radius 1 is 1.30 bits per heavy atom. The highest BCUT2D eigenvalue weighted by Gasteiger charge is 2.26. The van der Waals surface area contributed by atoms with Gasteiger partial charge in [0.2, 0.25) is 0 Å². The standard InChI is InChI=1S/C19H23N3O3S2/c20-12-3-6-15(16(7-12)26-14-9-25-10-14)17-8-21-18(27-17)11-1-4-13(5-2-11)22-19(23)24/h3,6-8,11,13-14,22H,1-2,4-5,9-10,20H2,(H,23,24). The third kappa shape index (κ3) is 4.39. The molecule has 1 aromatic carbocycles. The van der Waals surface area contributed by atoms with Crippen molar-refractivity contribution in [1.82, 2.24) is 10.3 Å². The topological polar surface area (TPSA) is 97.5 Å². The Bertz CT molecular complexity index is 814. The Labute approximate surface area is 166 Å². The first-order valence-electron chi connectivity index (χ1n) is 9.18. The van der Waals surface area contributed by atoms with Crippen LogP contribution in [0.3, 0.4) is 0 Å². The van der Waals surface area contributed by atoms with E-state index in [-0.39, 0.29) is 6.04 Å². The SMILES string of the molecule is Nc1ccc(-c2cnc(C3CCC(NC(=O)O)CC3)s2)c(SC2COC2)c1. The van der Waals surface area contributed by atoms with Crippen LogP contribution >= 0.6 is 23.1 Å². The molecule has 2 aromatic rings. The molecule has 0 bridgehead atoms. The molecule has 144 valence electrons. The number of ether oxygens (including phenoxy) is 1. The number of nitrogen functional groups attached to an aromatic ring is 1. The Morgan fingerprint density at radius 3 is 2.74 bits per heavy atom. The highest BCUT2D eigenvalue weighted by Crippen LogP contribution is 2.42. The zero-order chi connectivity index (χ0) is 18.8. The number of carbonyl (C=O) groups is 1. The molecule has 0 unspecified atom stereocenters. The molecule has 1 saturated heterocycles. The van der Waals surface area contributed by atoms with E-state index in [0.717, 1.165) is 49.6 Å². The minimum Gasteiger partial charge on any atom is -0.465 e. The number of nitrogens with zero attached hydrogens (tertiary/aromatic N) is 1. The largest absolute Gasteiger partial charge is 0.465 e. The van der Waals surface area contributed by atoms with Crippen LogP contribution in [0.1, 0.15) is 36.6 Å². The summed E-state index contributed by atoms with van der Waals surface area (Å²) in [5.74, 6) is 0.417. The number of hydrogen-bond donors (Lipinski definition) is 3. The Morgan fingerprint density at radius 2 is 2.07 bits per heavy atom. The second-order valence-corrected chi connectivity index (χ2v) is 9.50. The number of anilines is 1. The van der Waals surface area contributed by atoms with Crippen LogP contribution < -0.4 is 11.1 Å². The molecule has 2 fully saturated rings. The van der Waals surface area contributed by atoms with E-state index in [1.807, 2.05) is 30.1 Å². The van der Waals surface area contributed by atoms with Crippen molar-refractivity contribution in [2.24, 2.45) is 0 Å². The van der Waals surface area contributed by atoms with Crippen molar-refractivity contribution < 1.29 is 14.6 Å². The van der Waals surface area contributed by atoms with Crippen molar-refractivity contribution in [2.75, 3.05) is 18.9 Å². The van der Waals surface area contributed by atoms with Gasteiger partial charge in [-0.25, -0.2) is 9.78 Å². The molecule has 6 nitrogen and oxygen atoms in total. The zero-order valence-corrected chi connectivity index (χ0v) is 16.5. The monoisotopic (exact) mass is 405 g/mol. The summed E-state index contributed by atoms with van der Waals surface area (Å²) in [4.78, 5) is 17.8. The van der Waals surface area contributed by atoms with Crippen LogP contribution in [-0.4, -0.2) is 40.7 Å². The van der Waals surface area contributed by atoms with E-state index in [4.69, 9.17) is 20.6 Å². The molecule has 0 spiro atoms. The Balaban J connectivity index is 1.47. The van der Waals surface area contributed by atoms with Crippen LogP contribution in [0.25, 0.3) is 10.4 Å². The molecule has 1 aliphatic carbocycles. The highest BCUT2D eigenvalue weighted by molar-refractivity contribution is 8.00. The maximum atomic E-state index is 10.8. The normalized spacial score (nSPS) is 23.0. The van der Waals surface area contributed by atoms with E-state index in [1.165, 1.54) is 15.3 Å². The molecular weight excluding hydrogens is 382 g/mol. The van der Waals surface area contributed by atoms with E-state index in [9.17, 15) is 4.79 Å². The lowest BCUT2D eigenvalue weighted by Gasteiger charge is -2.27. The molecule has 4 rings (SSSR count). The summed E-state index contributed by atoms with van der Waals surface area (Å²) in [7, 11) is 0. The number of carboxylic acid groups (broad SMARTS) is 1. The van der Waals surface area contributed by atoms with Crippen LogP contribution in [0.2, 0.25) is 0 Å². The van der Waals surface area contributed by atoms with Crippen molar-refractivity contribution in [2.45, 2.75) is 47.8 Å². The van der Waals surface area contributed by atoms with Crippen molar-refractivity contribution >= 4 is 34.9 Å². The molecule has 2 heterocycles. The van der Waals surface area contributed by atoms with E-state index in [0.29, 0.717) is 11.2 Å². The summed E-state index contributed by atoms with van der Waals surface area (Å²) in [6.45, 7) is 1.58. The molecule has 8 heteroatoms. The van der Waals surface area contributed by atoms with Crippen molar-refractivity contribution in [3.63, 3.8) is 0 Å². The van der Waals surface area contributed by atoms with Gasteiger partial charge in [-0.3, -0.25) is 0 Å². The summed E-state index contributed by atoms with van der Waals surface area (Å²) in [5, 5.41) is 13.1. The molecule has 1 saturated carbocycles. The number of rotatable bonds is 5. The van der Waals surface area contributed by atoms with E-state index in [2.05, 4.69) is 11.4 Å². The second kappa shape index (κ2) is 8.08. The lowest BCUT2D eigenvalue weighted by molar-refractivity contribution is 0.0455. The number of thiazole rings is 1. The molecule has 1 aromatic heterocycles. The third-order valence-electron chi connectivity index (χ3n) is 5.10. The Kier molecular flexibility index (Phi) is 5.56. The van der Waals surface area contributed by atoms with E-state index >= 15 is 0 Å². The Hall–Kier alpha value is -1.77. The minimum atomic E-state index is -0.930. The quantitative estimate of drug-likeness (QED) is 0.646. The van der Waals surface area contributed by atoms with Gasteiger partial charge in [-0.1, -0.05) is 6.07 Å². The zero-order valence-electron chi connectivity index (χ0n) is 14.9. The fraction of sp³-hybridized carbons (Fsp3) is 0.474. The fourth-order valence-corrected chi connectivity index (χ4v) is 5.95. The minimum absolute atomic E-state index is 0.0722. The smallest absolute Gasteiger partial charge is 0.404 e. The molecule has 0 radical (unpaired) electrons. The third-order valence-corrected chi connectivity index (χ3v) is 7.49. The summed E-state index contributed by atoms with van der Waals surface area (Å²) >= 11 is 3.57. The molecule has 1 amide bonds. The van der Waals surface area contributed by atoms with Crippen LogP contribution in [0.5, 0.6) is 0 Å². The van der Waals surface area contributed by atoms with Crippen LogP contribution in [0.15, 0.2) is 29.3 Å². The summed E-state index contributed by atoms with van der Waals surface area (Å²) < 4.78 is 5.30. The lowest BCUT2D eigenvalue weighted by atomic mass is 9.86. The van der Waals surface area contributed by atoms with Crippen molar-refractivity contribution in [3.05, 3.63) is 29.4 Å². The van der Waals surface area contributed by atoms with Crippen LogP contribution in [0.4, 0.5) is 10.5 Å². The van der Waals surface area contributed by atoms with Gasteiger partial charge < -0.3 is 20.9 Å². The van der Waals surface area contributed by atoms with Gasteiger partial charge in [0.15, 0.2) is 0 Å². The molecule has 27 heavy (non-hydrogen) atoms. The summed E-state index contributed by atoms with van der Waals surface area (Å²) in [6.07, 6.45) is 4.73. The number of thioether (sulfide) groups is 1. The highest BCUT2D eigenvalue weighted by atomic mass is 32.2. The van der Waals surface area contributed by atoms with Gasteiger partial charge in [0, 0.05) is 34.3 Å². The number of amides is 1.